The predicted octanol–water partition coefficient (Wildman–Crippen LogP) is 2.43. The van der Waals surface area contributed by atoms with Crippen LogP contribution in [-0.2, 0) is 0 Å². The van der Waals surface area contributed by atoms with Crippen LogP contribution in [0.2, 0.25) is 0 Å². The lowest BCUT2D eigenvalue weighted by Gasteiger charge is -2.23. The lowest BCUT2D eigenvalue weighted by molar-refractivity contribution is 0.0928. The minimum absolute atomic E-state index is 0.0606. The third-order valence-electron chi connectivity index (χ3n) is 2.60. The van der Waals surface area contributed by atoms with Gasteiger partial charge >= 0.3 is 0 Å². The van der Waals surface area contributed by atoms with E-state index in [2.05, 4.69) is 27.9 Å². The van der Waals surface area contributed by atoms with Gasteiger partial charge in [0.15, 0.2) is 0 Å². The fourth-order valence-corrected chi connectivity index (χ4v) is 1.99. The summed E-state index contributed by atoms with van der Waals surface area (Å²) in [6.07, 6.45) is 0.680. The van der Waals surface area contributed by atoms with E-state index >= 15 is 0 Å². The van der Waals surface area contributed by atoms with Crippen LogP contribution in [0.5, 0.6) is 0 Å². The van der Waals surface area contributed by atoms with Gasteiger partial charge in [0.2, 0.25) is 0 Å². The van der Waals surface area contributed by atoms with Gasteiger partial charge in [0.25, 0.3) is 5.91 Å². The minimum Gasteiger partial charge on any atom is -0.396 e. The van der Waals surface area contributed by atoms with Gasteiger partial charge in [-0.15, -0.1) is 0 Å². The molecule has 0 radical (unpaired) electrons. The standard InChI is InChI=1S/C13H18INO2/c1-13(2,6-7-16)9-15-12(17)10-4-3-5-11(14)8-10/h3-5,8,16H,6-7,9H2,1-2H3,(H,15,17). The van der Waals surface area contributed by atoms with E-state index in [1.807, 2.05) is 32.0 Å². The molecule has 0 fully saturated rings. The zero-order valence-electron chi connectivity index (χ0n) is 10.2. The molecule has 2 N–H and O–H groups in total. The SMILES string of the molecule is CC(C)(CCO)CNC(=O)c1cccc(I)c1. The number of aliphatic hydroxyl groups is 1. The van der Waals surface area contributed by atoms with Gasteiger partial charge in [-0.3, -0.25) is 4.79 Å². The second-order valence-corrected chi connectivity index (χ2v) is 6.08. The molecule has 0 aliphatic rings. The summed E-state index contributed by atoms with van der Waals surface area (Å²) < 4.78 is 1.05. The molecule has 0 aliphatic carbocycles. The van der Waals surface area contributed by atoms with Crippen molar-refractivity contribution in [2.45, 2.75) is 20.3 Å². The van der Waals surface area contributed by atoms with Crippen molar-refractivity contribution < 1.29 is 9.90 Å². The zero-order valence-corrected chi connectivity index (χ0v) is 12.3. The van der Waals surface area contributed by atoms with Gasteiger partial charge in [-0.05, 0) is 52.6 Å². The van der Waals surface area contributed by atoms with Gasteiger partial charge < -0.3 is 10.4 Å². The van der Waals surface area contributed by atoms with E-state index in [1.165, 1.54) is 0 Å². The summed E-state index contributed by atoms with van der Waals surface area (Å²) in [5.74, 6) is -0.0606. The Morgan fingerprint density at radius 3 is 2.76 bits per heavy atom. The second kappa shape index (κ2) is 6.35. The Bertz CT molecular complexity index is 391. The molecular weight excluding hydrogens is 329 g/mol. The molecule has 1 aromatic rings. The van der Waals surface area contributed by atoms with Crippen molar-refractivity contribution in [2.75, 3.05) is 13.2 Å². The van der Waals surface area contributed by atoms with Crippen molar-refractivity contribution in [3.63, 3.8) is 0 Å². The van der Waals surface area contributed by atoms with Crippen molar-refractivity contribution >= 4 is 28.5 Å². The summed E-state index contributed by atoms with van der Waals surface area (Å²) in [5, 5.41) is 11.8. The number of rotatable bonds is 5. The van der Waals surface area contributed by atoms with Gasteiger partial charge in [0.05, 0.1) is 0 Å². The van der Waals surface area contributed by atoms with Gasteiger partial charge in [-0.25, -0.2) is 0 Å². The van der Waals surface area contributed by atoms with E-state index < -0.39 is 0 Å². The van der Waals surface area contributed by atoms with Crippen LogP contribution in [0, 0.1) is 8.99 Å². The molecule has 0 aromatic heterocycles. The number of aliphatic hydroxyl groups excluding tert-OH is 1. The zero-order chi connectivity index (χ0) is 12.9. The number of nitrogens with one attached hydrogen (secondary N) is 1. The highest BCUT2D eigenvalue weighted by Crippen LogP contribution is 2.18. The van der Waals surface area contributed by atoms with Crippen LogP contribution in [0.1, 0.15) is 30.6 Å². The quantitative estimate of drug-likeness (QED) is 0.804. The van der Waals surface area contributed by atoms with Crippen LogP contribution >= 0.6 is 22.6 Å². The molecule has 0 bridgehead atoms. The normalized spacial score (nSPS) is 11.3. The molecule has 0 aliphatic heterocycles. The average Bonchev–Trinajstić information content (AvgIpc) is 2.26. The molecular formula is C13H18INO2. The molecule has 0 heterocycles. The molecule has 17 heavy (non-hydrogen) atoms. The van der Waals surface area contributed by atoms with Crippen LogP contribution < -0.4 is 5.32 Å². The largest absolute Gasteiger partial charge is 0.396 e. The number of hydrogen-bond donors (Lipinski definition) is 2. The monoisotopic (exact) mass is 347 g/mol. The number of carbonyl (C=O) groups is 1. The van der Waals surface area contributed by atoms with E-state index in [-0.39, 0.29) is 17.9 Å². The van der Waals surface area contributed by atoms with E-state index in [1.54, 1.807) is 6.07 Å². The molecule has 0 saturated carbocycles. The Kier molecular flexibility index (Phi) is 5.39. The molecule has 4 heteroatoms. The van der Waals surface area contributed by atoms with Crippen molar-refractivity contribution in [1.82, 2.24) is 5.32 Å². The summed E-state index contributed by atoms with van der Waals surface area (Å²) in [7, 11) is 0. The number of carbonyl (C=O) groups excluding carboxylic acids is 1. The summed E-state index contributed by atoms with van der Waals surface area (Å²) in [4.78, 5) is 11.9. The van der Waals surface area contributed by atoms with Crippen LogP contribution in [-0.4, -0.2) is 24.2 Å². The maximum Gasteiger partial charge on any atom is 0.251 e. The Labute approximate surface area is 116 Å². The summed E-state index contributed by atoms with van der Waals surface area (Å²) in [6, 6.07) is 7.48. The molecule has 1 amide bonds. The first kappa shape index (κ1) is 14.4. The maximum absolute atomic E-state index is 11.9. The molecule has 0 atom stereocenters. The van der Waals surface area contributed by atoms with Crippen molar-refractivity contribution in [3.8, 4) is 0 Å². The Morgan fingerprint density at radius 2 is 2.18 bits per heavy atom. The number of hydrogen-bond acceptors (Lipinski definition) is 2. The first-order valence-corrected chi connectivity index (χ1v) is 6.67. The topological polar surface area (TPSA) is 49.3 Å². The molecule has 0 unspecified atom stereocenters. The molecule has 1 aromatic carbocycles. The second-order valence-electron chi connectivity index (χ2n) is 4.83. The third-order valence-corrected chi connectivity index (χ3v) is 3.27. The van der Waals surface area contributed by atoms with Crippen molar-refractivity contribution in [3.05, 3.63) is 33.4 Å². The van der Waals surface area contributed by atoms with Crippen molar-refractivity contribution in [2.24, 2.45) is 5.41 Å². The predicted molar refractivity (Wildman–Crippen MR) is 77.0 cm³/mol. The third kappa shape index (κ3) is 5.04. The highest BCUT2D eigenvalue weighted by atomic mass is 127. The summed E-state index contributed by atoms with van der Waals surface area (Å²) >= 11 is 2.18. The maximum atomic E-state index is 11.9. The summed E-state index contributed by atoms with van der Waals surface area (Å²) in [6.45, 7) is 4.76. The first-order chi connectivity index (χ1) is 7.94. The van der Waals surface area contributed by atoms with E-state index in [4.69, 9.17) is 5.11 Å². The van der Waals surface area contributed by atoms with Crippen molar-refractivity contribution in [1.29, 1.82) is 0 Å². The van der Waals surface area contributed by atoms with Gasteiger partial charge in [-0.2, -0.15) is 0 Å². The number of benzene rings is 1. The van der Waals surface area contributed by atoms with E-state index in [9.17, 15) is 4.79 Å². The highest BCUT2D eigenvalue weighted by Gasteiger charge is 2.18. The first-order valence-electron chi connectivity index (χ1n) is 5.59. The van der Waals surface area contributed by atoms with Crippen LogP contribution in [0.3, 0.4) is 0 Å². The van der Waals surface area contributed by atoms with E-state index in [0.717, 1.165) is 3.57 Å². The Morgan fingerprint density at radius 1 is 1.47 bits per heavy atom. The van der Waals surface area contributed by atoms with Crippen LogP contribution in [0.25, 0.3) is 0 Å². The van der Waals surface area contributed by atoms with Crippen LogP contribution in [0.4, 0.5) is 0 Å². The fraction of sp³-hybridized carbons (Fsp3) is 0.462. The van der Waals surface area contributed by atoms with Gasteiger partial charge in [0, 0.05) is 22.3 Å². The van der Waals surface area contributed by atoms with Gasteiger partial charge in [-0.1, -0.05) is 19.9 Å². The minimum atomic E-state index is -0.0770. The lowest BCUT2D eigenvalue weighted by Crippen LogP contribution is -2.34. The summed E-state index contributed by atoms with van der Waals surface area (Å²) in [5.41, 5.74) is 0.600. The Balaban J connectivity index is 2.56. The number of amides is 1. The smallest absolute Gasteiger partial charge is 0.251 e. The highest BCUT2D eigenvalue weighted by molar-refractivity contribution is 14.1. The number of halogens is 1. The van der Waals surface area contributed by atoms with Crippen LogP contribution in [0.15, 0.2) is 24.3 Å². The molecule has 0 spiro atoms. The molecule has 0 saturated heterocycles. The lowest BCUT2D eigenvalue weighted by atomic mass is 9.89. The molecule has 1 rings (SSSR count). The fourth-order valence-electron chi connectivity index (χ4n) is 1.44. The average molecular weight is 347 g/mol. The van der Waals surface area contributed by atoms with Gasteiger partial charge in [0.1, 0.15) is 0 Å². The molecule has 94 valence electrons. The van der Waals surface area contributed by atoms with E-state index in [0.29, 0.717) is 18.5 Å². The molecule has 3 nitrogen and oxygen atoms in total. The Hall–Kier alpha value is -0.620.